The lowest BCUT2D eigenvalue weighted by Gasteiger charge is -2.10. The van der Waals surface area contributed by atoms with Crippen molar-refractivity contribution in [2.24, 2.45) is 0 Å². The Morgan fingerprint density at radius 1 is 1.30 bits per heavy atom. The van der Waals surface area contributed by atoms with Crippen LogP contribution in [0.1, 0.15) is 29.3 Å². The molecule has 0 fully saturated rings. The lowest BCUT2D eigenvalue weighted by Crippen LogP contribution is -2.32. The normalized spacial score (nSPS) is 10.2. The van der Waals surface area contributed by atoms with Crippen LogP contribution >= 0.6 is 0 Å². The van der Waals surface area contributed by atoms with Crippen molar-refractivity contribution in [1.29, 1.82) is 5.26 Å². The van der Waals surface area contributed by atoms with Crippen LogP contribution in [-0.2, 0) is 17.8 Å². The first kappa shape index (κ1) is 16.4. The van der Waals surface area contributed by atoms with Crippen LogP contribution in [0.4, 0.5) is 5.69 Å². The molecule has 0 spiro atoms. The highest BCUT2D eigenvalue weighted by Crippen LogP contribution is 2.10. The number of hydrogen-bond acceptors (Lipinski definition) is 4. The monoisotopic (exact) mass is 310 g/mol. The summed E-state index contributed by atoms with van der Waals surface area (Å²) in [6.45, 7) is 5.19. The van der Waals surface area contributed by atoms with Crippen LogP contribution in [0.5, 0.6) is 0 Å². The summed E-state index contributed by atoms with van der Waals surface area (Å²) in [4.78, 5) is 24.2. The zero-order chi connectivity index (χ0) is 17.0. The fourth-order valence-corrected chi connectivity index (χ4v) is 2.17. The fraction of sp³-hybridized carbons (Fsp3) is 0.294. The number of carbonyl (C=O) groups is 1. The van der Waals surface area contributed by atoms with Gasteiger partial charge in [-0.15, -0.1) is 0 Å². The topological polar surface area (TPSA) is 87.8 Å². The molecule has 0 saturated heterocycles. The summed E-state index contributed by atoms with van der Waals surface area (Å²) in [6.07, 6.45) is 0.924. The Morgan fingerprint density at radius 2 is 1.96 bits per heavy atom. The van der Waals surface area contributed by atoms with Gasteiger partial charge in [-0.1, -0.05) is 19.1 Å². The van der Waals surface area contributed by atoms with E-state index in [-0.39, 0.29) is 18.0 Å². The molecule has 1 heterocycles. The minimum atomic E-state index is -0.549. The van der Waals surface area contributed by atoms with Crippen molar-refractivity contribution in [1.82, 2.24) is 9.78 Å². The highest BCUT2D eigenvalue weighted by Gasteiger charge is 2.13. The number of hydrogen-bond donors (Lipinski definition) is 1. The number of nitrogens with one attached hydrogen (secondary N) is 1. The number of nitrogens with zero attached hydrogens (tertiary/aromatic N) is 3. The van der Waals surface area contributed by atoms with Crippen LogP contribution in [-0.4, -0.2) is 15.7 Å². The van der Waals surface area contributed by atoms with Crippen molar-refractivity contribution in [3.05, 3.63) is 57.0 Å². The first-order valence-corrected chi connectivity index (χ1v) is 7.33. The molecule has 1 N–H and O–H groups in total. The molecule has 0 atom stereocenters. The molecule has 1 amide bonds. The maximum Gasteiger partial charge on any atom is 0.285 e. The van der Waals surface area contributed by atoms with E-state index in [1.54, 1.807) is 13.8 Å². The second kappa shape index (κ2) is 6.88. The Morgan fingerprint density at radius 3 is 2.52 bits per heavy atom. The van der Waals surface area contributed by atoms with Gasteiger partial charge in [0, 0.05) is 5.69 Å². The summed E-state index contributed by atoms with van der Waals surface area (Å²) in [6, 6.07) is 9.37. The predicted octanol–water partition coefficient (Wildman–Crippen LogP) is 1.93. The van der Waals surface area contributed by atoms with E-state index in [0.717, 1.165) is 11.1 Å². The summed E-state index contributed by atoms with van der Waals surface area (Å²) in [5.74, 6) is -0.365. The molecule has 0 radical (unpaired) electrons. The van der Waals surface area contributed by atoms with E-state index in [1.165, 1.54) is 5.56 Å². The minimum absolute atomic E-state index is 0.0256. The molecule has 1 aromatic heterocycles. The smallest absolute Gasteiger partial charge is 0.285 e. The third-order valence-electron chi connectivity index (χ3n) is 3.69. The molecule has 23 heavy (non-hydrogen) atoms. The number of aromatic nitrogens is 2. The highest BCUT2D eigenvalue weighted by atomic mass is 16.2. The zero-order valence-corrected chi connectivity index (χ0v) is 13.4. The van der Waals surface area contributed by atoms with Crippen molar-refractivity contribution in [3.63, 3.8) is 0 Å². The second-order valence-corrected chi connectivity index (χ2v) is 5.26. The van der Waals surface area contributed by atoms with E-state index in [2.05, 4.69) is 17.3 Å². The molecular weight excluding hydrogens is 292 g/mol. The maximum atomic E-state index is 12.1. The van der Waals surface area contributed by atoms with E-state index < -0.39 is 5.56 Å². The Balaban J connectivity index is 2.19. The van der Waals surface area contributed by atoms with Crippen molar-refractivity contribution in [2.75, 3.05) is 5.32 Å². The van der Waals surface area contributed by atoms with Crippen molar-refractivity contribution in [2.45, 2.75) is 33.7 Å². The number of amides is 1. The van der Waals surface area contributed by atoms with E-state index in [1.807, 2.05) is 30.3 Å². The van der Waals surface area contributed by atoms with E-state index in [0.29, 0.717) is 16.9 Å². The van der Waals surface area contributed by atoms with Crippen LogP contribution in [0.3, 0.4) is 0 Å². The number of anilines is 1. The summed E-state index contributed by atoms with van der Waals surface area (Å²) < 4.78 is 1.02. The quantitative estimate of drug-likeness (QED) is 0.934. The number of rotatable bonds is 4. The van der Waals surface area contributed by atoms with Gasteiger partial charge in [0.2, 0.25) is 5.91 Å². The highest BCUT2D eigenvalue weighted by molar-refractivity contribution is 5.90. The largest absolute Gasteiger partial charge is 0.324 e. The summed E-state index contributed by atoms with van der Waals surface area (Å²) in [5, 5.41) is 15.9. The lowest BCUT2D eigenvalue weighted by molar-refractivity contribution is -0.117. The first-order valence-electron chi connectivity index (χ1n) is 7.33. The molecule has 0 aliphatic heterocycles. The summed E-state index contributed by atoms with van der Waals surface area (Å²) in [7, 11) is 0. The molecule has 6 nitrogen and oxygen atoms in total. The van der Waals surface area contributed by atoms with Gasteiger partial charge in [0.05, 0.1) is 5.69 Å². The predicted molar refractivity (Wildman–Crippen MR) is 87.1 cm³/mol. The molecule has 0 aliphatic carbocycles. The molecule has 1 aromatic carbocycles. The third-order valence-corrected chi connectivity index (χ3v) is 3.69. The first-order chi connectivity index (χ1) is 11.0. The van der Waals surface area contributed by atoms with Gasteiger partial charge in [-0.2, -0.15) is 10.4 Å². The molecule has 0 saturated carbocycles. The fourth-order valence-electron chi connectivity index (χ4n) is 2.17. The van der Waals surface area contributed by atoms with Gasteiger partial charge >= 0.3 is 0 Å². The van der Waals surface area contributed by atoms with Gasteiger partial charge in [0.15, 0.2) is 0 Å². The van der Waals surface area contributed by atoms with E-state index >= 15 is 0 Å². The lowest BCUT2D eigenvalue weighted by atomic mass is 10.1. The second-order valence-electron chi connectivity index (χ2n) is 5.26. The maximum absolute atomic E-state index is 12.1. The van der Waals surface area contributed by atoms with Gasteiger partial charge in [0.25, 0.3) is 5.56 Å². The third kappa shape index (κ3) is 3.64. The molecule has 118 valence electrons. The number of carbonyl (C=O) groups excluding carboxylic acids is 1. The number of nitriles is 1. The molecule has 0 bridgehead atoms. The van der Waals surface area contributed by atoms with Crippen molar-refractivity contribution < 1.29 is 4.79 Å². The number of aryl methyl sites for hydroxylation is 2. The van der Waals surface area contributed by atoms with Gasteiger partial charge in [-0.05, 0) is 43.5 Å². The molecular formula is C17H18N4O2. The van der Waals surface area contributed by atoms with Crippen molar-refractivity contribution in [3.8, 4) is 6.07 Å². The van der Waals surface area contributed by atoms with E-state index in [4.69, 9.17) is 5.26 Å². The van der Waals surface area contributed by atoms with Crippen LogP contribution in [0.2, 0.25) is 0 Å². The summed E-state index contributed by atoms with van der Waals surface area (Å²) in [5.41, 5.74) is 2.41. The minimum Gasteiger partial charge on any atom is -0.324 e. The van der Waals surface area contributed by atoms with Crippen LogP contribution in [0.25, 0.3) is 0 Å². The van der Waals surface area contributed by atoms with Gasteiger partial charge in [-0.3, -0.25) is 9.59 Å². The van der Waals surface area contributed by atoms with Crippen LogP contribution in [0.15, 0.2) is 29.1 Å². The Labute approximate surface area is 134 Å². The average molecular weight is 310 g/mol. The van der Waals surface area contributed by atoms with Gasteiger partial charge in [0.1, 0.15) is 18.2 Å². The van der Waals surface area contributed by atoms with Gasteiger partial charge < -0.3 is 5.32 Å². The van der Waals surface area contributed by atoms with Crippen LogP contribution < -0.4 is 10.9 Å². The summed E-state index contributed by atoms with van der Waals surface area (Å²) >= 11 is 0. The molecule has 2 rings (SSSR count). The van der Waals surface area contributed by atoms with E-state index in [9.17, 15) is 9.59 Å². The zero-order valence-electron chi connectivity index (χ0n) is 13.4. The molecule has 6 heteroatoms. The Kier molecular flexibility index (Phi) is 4.91. The standard InChI is InChI=1S/C17H18N4O2/c1-4-13-5-7-14(8-6-13)19-16(22)10-21-17(23)15(9-18)11(2)12(3)20-21/h5-8H,4,10H2,1-3H3,(H,19,22). The molecule has 2 aromatic rings. The van der Waals surface area contributed by atoms with Crippen molar-refractivity contribution >= 4 is 11.6 Å². The van der Waals surface area contributed by atoms with Crippen LogP contribution in [0, 0.1) is 25.2 Å². The molecule has 0 aliphatic rings. The average Bonchev–Trinajstić information content (AvgIpc) is 2.54. The van der Waals surface area contributed by atoms with Gasteiger partial charge in [-0.25, -0.2) is 4.68 Å². The Bertz CT molecular complexity index is 829. The molecule has 0 unspecified atom stereocenters. The SMILES string of the molecule is CCc1ccc(NC(=O)Cn2nc(C)c(C)c(C#N)c2=O)cc1. The number of benzene rings is 1. The Hall–Kier alpha value is -2.94.